The summed E-state index contributed by atoms with van der Waals surface area (Å²) >= 11 is 14.1. The van der Waals surface area contributed by atoms with E-state index < -0.39 is 17.7 Å². The maximum Gasteiger partial charge on any atom is 0.309 e. The number of carbonyl (C=O) groups excluding carboxylic acids is 1. The molecule has 2 fully saturated rings. The van der Waals surface area contributed by atoms with Crippen molar-refractivity contribution in [1.29, 1.82) is 0 Å². The van der Waals surface area contributed by atoms with Gasteiger partial charge in [-0.25, -0.2) is 23.4 Å². The highest BCUT2D eigenvalue weighted by Crippen LogP contribution is 2.56. The van der Waals surface area contributed by atoms with Crippen LogP contribution in [0.15, 0.2) is 59.5 Å². The van der Waals surface area contributed by atoms with Gasteiger partial charge in [0, 0.05) is 53.8 Å². The Morgan fingerprint density at radius 1 is 1.04 bits per heavy atom. The number of benzene rings is 2. The fourth-order valence-electron chi connectivity index (χ4n) is 8.02. The van der Waals surface area contributed by atoms with Crippen LogP contribution in [0.25, 0.3) is 33.2 Å². The molecule has 0 spiro atoms. The first-order chi connectivity index (χ1) is 25.1. The average molecular weight is 748 g/mol. The Labute approximate surface area is 307 Å². The molecule has 5 aromatic rings. The van der Waals surface area contributed by atoms with Crippen LogP contribution >= 0.6 is 23.2 Å². The molecule has 0 radical (unpaired) electrons. The molecule has 14 heteroatoms. The molecule has 1 aliphatic heterocycles. The third-order valence-electron chi connectivity index (χ3n) is 10.5. The van der Waals surface area contributed by atoms with Gasteiger partial charge in [-0.3, -0.25) is 14.5 Å². The van der Waals surface area contributed by atoms with Crippen LogP contribution < -0.4 is 15.6 Å². The molecule has 8 rings (SSSR count). The molecule has 3 aliphatic rings. The number of carbonyl (C=O) groups is 1. The van der Waals surface area contributed by atoms with Crippen molar-refractivity contribution in [3.8, 4) is 28.3 Å². The second kappa shape index (κ2) is 13.4. The van der Waals surface area contributed by atoms with Crippen molar-refractivity contribution in [3.05, 3.63) is 91.9 Å². The SMILES string of the molecule is CCOC(=O)C1C2CN(C3CCc4cc(-c5cccc(-c6cccc(Nc7nc(C(F)F)cc8cnn(C)c(=O)c78)c6Cl)c5Cl)nc(OC)c43)CC21. The van der Waals surface area contributed by atoms with E-state index >= 15 is 0 Å². The first kappa shape index (κ1) is 34.4. The number of hydrogen-bond donors (Lipinski definition) is 1. The second-order valence-electron chi connectivity index (χ2n) is 13.4. The van der Waals surface area contributed by atoms with Gasteiger partial charge in [-0.2, -0.15) is 5.10 Å². The van der Waals surface area contributed by atoms with Gasteiger partial charge >= 0.3 is 5.97 Å². The number of aryl methyl sites for hydroxylation is 2. The Morgan fingerprint density at radius 2 is 1.75 bits per heavy atom. The maximum atomic E-state index is 13.8. The van der Waals surface area contributed by atoms with Gasteiger partial charge in [-0.1, -0.05) is 53.5 Å². The molecule has 2 aliphatic carbocycles. The molecule has 52 heavy (non-hydrogen) atoms. The van der Waals surface area contributed by atoms with Gasteiger partial charge in [-0.05, 0) is 55.4 Å². The van der Waals surface area contributed by atoms with Gasteiger partial charge in [0.2, 0.25) is 5.88 Å². The monoisotopic (exact) mass is 746 g/mol. The number of likely N-dealkylation sites (tertiary alicyclic amines) is 1. The van der Waals surface area contributed by atoms with Crippen LogP contribution in [0.3, 0.4) is 0 Å². The van der Waals surface area contributed by atoms with E-state index in [2.05, 4.69) is 26.4 Å². The number of nitrogens with one attached hydrogen (secondary N) is 1. The third-order valence-corrected chi connectivity index (χ3v) is 11.3. The predicted molar refractivity (Wildman–Crippen MR) is 194 cm³/mol. The third kappa shape index (κ3) is 5.77. The summed E-state index contributed by atoms with van der Waals surface area (Å²) in [5, 5.41) is 7.99. The summed E-state index contributed by atoms with van der Waals surface area (Å²) in [6.07, 6.45) is 0.255. The van der Waals surface area contributed by atoms with Crippen molar-refractivity contribution >= 4 is 51.4 Å². The molecule has 0 bridgehead atoms. The van der Waals surface area contributed by atoms with E-state index in [1.54, 1.807) is 25.3 Å². The highest BCUT2D eigenvalue weighted by Gasteiger charge is 2.61. The van der Waals surface area contributed by atoms with Gasteiger partial charge in [-0.15, -0.1) is 0 Å². The molecule has 3 unspecified atom stereocenters. The van der Waals surface area contributed by atoms with Crippen LogP contribution in [-0.4, -0.2) is 57.4 Å². The average Bonchev–Trinajstić information content (AvgIpc) is 3.41. The minimum atomic E-state index is -2.87. The summed E-state index contributed by atoms with van der Waals surface area (Å²) in [5.74, 6) is 1.10. The highest BCUT2D eigenvalue weighted by atomic mass is 35.5. The zero-order valence-electron chi connectivity index (χ0n) is 28.5. The van der Waals surface area contributed by atoms with Crippen molar-refractivity contribution in [1.82, 2.24) is 24.6 Å². The highest BCUT2D eigenvalue weighted by molar-refractivity contribution is 6.39. The van der Waals surface area contributed by atoms with Crippen LogP contribution in [0.5, 0.6) is 5.88 Å². The van der Waals surface area contributed by atoms with E-state index in [9.17, 15) is 18.4 Å². The lowest BCUT2D eigenvalue weighted by atomic mass is 9.99. The number of rotatable bonds is 9. The second-order valence-corrected chi connectivity index (χ2v) is 14.2. The lowest BCUT2D eigenvalue weighted by Crippen LogP contribution is -2.30. The quantitative estimate of drug-likeness (QED) is 0.151. The van der Waals surface area contributed by atoms with Crippen LogP contribution in [0.4, 0.5) is 20.3 Å². The fourth-order valence-corrected chi connectivity index (χ4v) is 8.62. The van der Waals surface area contributed by atoms with Gasteiger partial charge in [0.25, 0.3) is 12.0 Å². The molecular formula is C38H34Cl2F2N6O4. The van der Waals surface area contributed by atoms with Crippen molar-refractivity contribution in [3.63, 3.8) is 0 Å². The Bertz CT molecular complexity index is 2310. The minimum absolute atomic E-state index is 0.0127. The molecule has 0 amide bonds. The number of nitrogens with zero attached hydrogens (tertiary/aromatic N) is 5. The van der Waals surface area contributed by atoms with Crippen LogP contribution in [0.2, 0.25) is 10.0 Å². The molecule has 2 aromatic carbocycles. The number of aromatic nitrogens is 4. The van der Waals surface area contributed by atoms with E-state index in [1.165, 1.54) is 13.2 Å². The van der Waals surface area contributed by atoms with Gasteiger partial charge < -0.3 is 14.8 Å². The summed E-state index contributed by atoms with van der Waals surface area (Å²) in [5.41, 5.74) is 4.11. The largest absolute Gasteiger partial charge is 0.481 e. The van der Waals surface area contributed by atoms with E-state index in [4.69, 9.17) is 37.7 Å². The Morgan fingerprint density at radius 3 is 2.46 bits per heavy atom. The molecule has 4 heterocycles. The fraction of sp³-hybridized carbons (Fsp3) is 0.342. The number of ether oxygens (including phenoxy) is 2. The van der Waals surface area contributed by atoms with Crippen LogP contribution in [-0.2, 0) is 23.0 Å². The molecule has 3 aromatic heterocycles. The zero-order chi connectivity index (χ0) is 36.4. The van der Waals surface area contributed by atoms with E-state index in [-0.39, 0.29) is 39.5 Å². The van der Waals surface area contributed by atoms with Gasteiger partial charge in [0.15, 0.2) is 0 Å². The molecule has 1 saturated heterocycles. The topological polar surface area (TPSA) is 111 Å². The number of esters is 1. The van der Waals surface area contributed by atoms with Crippen molar-refractivity contribution in [2.45, 2.75) is 32.2 Å². The number of anilines is 2. The summed E-state index contributed by atoms with van der Waals surface area (Å²) < 4.78 is 39.9. The van der Waals surface area contributed by atoms with E-state index in [0.717, 1.165) is 47.8 Å². The predicted octanol–water partition coefficient (Wildman–Crippen LogP) is 7.78. The molecule has 268 valence electrons. The number of methoxy groups -OCH3 is 1. The number of pyridine rings is 2. The van der Waals surface area contributed by atoms with Crippen LogP contribution in [0.1, 0.15) is 42.6 Å². The summed E-state index contributed by atoms with van der Waals surface area (Å²) in [6, 6.07) is 14.2. The number of alkyl halides is 2. The molecule has 1 saturated carbocycles. The first-order valence-electron chi connectivity index (χ1n) is 17.1. The maximum absolute atomic E-state index is 13.8. The minimum Gasteiger partial charge on any atom is -0.481 e. The first-order valence-corrected chi connectivity index (χ1v) is 17.8. The zero-order valence-corrected chi connectivity index (χ0v) is 30.0. The van der Waals surface area contributed by atoms with Gasteiger partial charge in [0.1, 0.15) is 11.5 Å². The van der Waals surface area contributed by atoms with E-state index in [0.29, 0.717) is 57.4 Å². The summed E-state index contributed by atoms with van der Waals surface area (Å²) in [4.78, 5) is 36.9. The van der Waals surface area contributed by atoms with Crippen LogP contribution in [0, 0.1) is 17.8 Å². The summed E-state index contributed by atoms with van der Waals surface area (Å²) in [7, 11) is 3.09. The smallest absolute Gasteiger partial charge is 0.309 e. The Kier molecular flexibility index (Phi) is 8.87. The van der Waals surface area contributed by atoms with E-state index in [1.807, 2.05) is 25.1 Å². The molecular weight excluding hydrogens is 713 g/mol. The summed E-state index contributed by atoms with van der Waals surface area (Å²) in [6.45, 7) is 3.94. The number of halogens is 4. The number of piperidine rings is 1. The molecule has 1 N–H and O–H groups in total. The van der Waals surface area contributed by atoms with Crippen molar-refractivity contribution in [2.75, 3.05) is 32.1 Å². The standard InChI is InChI=1S/C38H34Cl2F2N6O4/c1-4-52-38(50)31-23-16-48(17-24(23)31)28-12-11-18-13-26(46-36(51-3)29(18)28)22-9-5-7-20(32(22)39)21-8-6-10-25(33(21)40)44-35-30-19(14-27(45-35)34(41)42)15-43-47(2)37(30)49/h5-10,13-15,23-24,28,31,34H,4,11-12,16-17H2,1-3H3,(H,44,45). The molecule has 10 nitrogen and oxygen atoms in total. The lowest BCUT2D eigenvalue weighted by molar-refractivity contribution is -0.145. The van der Waals surface area contributed by atoms with Crippen molar-refractivity contribution in [2.24, 2.45) is 24.8 Å². The normalized spacial score (nSPS) is 20.6. The Hall–Kier alpha value is -4.65. The van der Waals surface area contributed by atoms with Gasteiger partial charge in [0.05, 0.1) is 52.6 Å². The molecule has 3 atom stereocenters. The lowest BCUT2D eigenvalue weighted by Gasteiger charge is -2.28. The number of fused-ring (bicyclic) bond motifs is 3. The number of hydrogen-bond acceptors (Lipinski definition) is 9. The Balaban J connectivity index is 1.10. The van der Waals surface area contributed by atoms with Crippen molar-refractivity contribution < 1.29 is 23.0 Å².